The maximum absolute atomic E-state index is 12.7. The van der Waals surface area contributed by atoms with Crippen molar-refractivity contribution in [2.24, 2.45) is 0 Å². The largest absolute Gasteiger partial charge is 0.395 e. The van der Waals surface area contributed by atoms with Crippen LogP contribution in [0.1, 0.15) is 35.1 Å². The number of hydrogen-bond acceptors (Lipinski definition) is 2. The third-order valence-electron chi connectivity index (χ3n) is 5.00. The van der Waals surface area contributed by atoms with Crippen LogP contribution in [0.3, 0.4) is 0 Å². The van der Waals surface area contributed by atoms with Crippen molar-refractivity contribution in [1.29, 1.82) is 0 Å². The van der Waals surface area contributed by atoms with Crippen LogP contribution in [0.25, 0.3) is 0 Å². The normalized spacial score (nSPS) is 13.3. The summed E-state index contributed by atoms with van der Waals surface area (Å²) in [5.41, 5.74) is 5.16. The number of nitrogens with zero attached hydrogens (tertiary/aromatic N) is 1. The number of benzene rings is 2. The summed E-state index contributed by atoms with van der Waals surface area (Å²) < 4.78 is 0. The first-order valence-corrected chi connectivity index (χ1v) is 9.29. The van der Waals surface area contributed by atoms with Crippen molar-refractivity contribution in [2.45, 2.75) is 38.5 Å². The fourth-order valence-corrected chi connectivity index (χ4v) is 3.57. The van der Waals surface area contributed by atoms with Crippen molar-refractivity contribution in [3.63, 3.8) is 0 Å². The Labute approximate surface area is 150 Å². The van der Waals surface area contributed by atoms with Gasteiger partial charge in [0, 0.05) is 13.1 Å². The molecule has 2 aromatic carbocycles. The van der Waals surface area contributed by atoms with Gasteiger partial charge in [0.1, 0.15) is 0 Å². The molecule has 1 aliphatic carbocycles. The van der Waals surface area contributed by atoms with Gasteiger partial charge in [0.2, 0.25) is 5.91 Å². The number of carbonyl (C=O) groups excluding carboxylic acids is 1. The molecular weight excluding hydrogens is 310 g/mol. The molecule has 25 heavy (non-hydrogen) atoms. The van der Waals surface area contributed by atoms with Gasteiger partial charge in [-0.3, -0.25) is 4.79 Å². The molecule has 0 unspecified atom stereocenters. The van der Waals surface area contributed by atoms with Crippen LogP contribution in [0.2, 0.25) is 0 Å². The number of amides is 1. The molecule has 3 rings (SSSR count). The third kappa shape index (κ3) is 4.93. The number of aliphatic hydroxyl groups is 1. The Kier molecular flexibility index (Phi) is 6.24. The first-order chi connectivity index (χ1) is 12.3. The van der Waals surface area contributed by atoms with E-state index in [1.54, 1.807) is 4.90 Å². The summed E-state index contributed by atoms with van der Waals surface area (Å²) in [4.78, 5) is 14.5. The molecule has 0 bridgehead atoms. The van der Waals surface area contributed by atoms with Crippen LogP contribution in [-0.2, 0) is 30.5 Å². The molecule has 1 amide bonds. The van der Waals surface area contributed by atoms with Crippen LogP contribution in [0.15, 0.2) is 48.5 Å². The second-order valence-corrected chi connectivity index (χ2v) is 6.83. The van der Waals surface area contributed by atoms with E-state index >= 15 is 0 Å². The summed E-state index contributed by atoms with van der Waals surface area (Å²) in [7, 11) is 0. The topological polar surface area (TPSA) is 40.5 Å². The molecule has 3 heteroatoms. The van der Waals surface area contributed by atoms with E-state index in [9.17, 15) is 9.90 Å². The highest BCUT2D eigenvalue weighted by Gasteiger charge is 2.15. The molecular formula is C22H27NO2. The van der Waals surface area contributed by atoms with Gasteiger partial charge >= 0.3 is 0 Å². The minimum absolute atomic E-state index is 0.00468. The Morgan fingerprint density at radius 3 is 2.44 bits per heavy atom. The van der Waals surface area contributed by atoms with Gasteiger partial charge in [-0.2, -0.15) is 0 Å². The molecule has 0 saturated heterocycles. The van der Waals surface area contributed by atoms with Gasteiger partial charge in [-0.1, -0.05) is 48.5 Å². The molecule has 0 aromatic heterocycles. The number of carbonyl (C=O) groups is 1. The summed E-state index contributed by atoms with van der Waals surface area (Å²) in [6.45, 7) is 1.05. The van der Waals surface area contributed by atoms with Gasteiger partial charge in [-0.15, -0.1) is 0 Å². The van der Waals surface area contributed by atoms with Crippen LogP contribution >= 0.6 is 0 Å². The maximum Gasteiger partial charge on any atom is 0.227 e. The van der Waals surface area contributed by atoms with E-state index in [0.717, 1.165) is 24.8 Å². The van der Waals surface area contributed by atoms with E-state index in [-0.39, 0.29) is 12.5 Å². The van der Waals surface area contributed by atoms with Gasteiger partial charge < -0.3 is 10.0 Å². The van der Waals surface area contributed by atoms with Gasteiger partial charge in [-0.05, 0) is 54.4 Å². The zero-order valence-corrected chi connectivity index (χ0v) is 14.8. The van der Waals surface area contributed by atoms with Crippen molar-refractivity contribution in [2.75, 3.05) is 19.7 Å². The molecule has 1 N–H and O–H groups in total. The van der Waals surface area contributed by atoms with Gasteiger partial charge in [0.25, 0.3) is 0 Å². The number of rotatable bonds is 7. The van der Waals surface area contributed by atoms with E-state index in [1.807, 2.05) is 18.2 Å². The molecule has 0 spiro atoms. The van der Waals surface area contributed by atoms with Gasteiger partial charge in [0.15, 0.2) is 0 Å². The summed E-state index contributed by atoms with van der Waals surface area (Å²) >= 11 is 0. The van der Waals surface area contributed by atoms with Crippen molar-refractivity contribution in [3.8, 4) is 0 Å². The average Bonchev–Trinajstić information content (AvgIpc) is 2.65. The van der Waals surface area contributed by atoms with E-state index in [0.29, 0.717) is 19.5 Å². The number of aliphatic hydroxyl groups excluding tert-OH is 1. The van der Waals surface area contributed by atoms with E-state index in [2.05, 4.69) is 30.3 Å². The Morgan fingerprint density at radius 2 is 1.68 bits per heavy atom. The average molecular weight is 337 g/mol. The Hall–Kier alpha value is -2.13. The van der Waals surface area contributed by atoms with Crippen molar-refractivity contribution >= 4 is 5.91 Å². The molecule has 2 aromatic rings. The van der Waals surface area contributed by atoms with E-state index in [4.69, 9.17) is 0 Å². The molecule has 132 valence electrons. The number of fused-ring (bicyclic) bond motifs is 1. The summed E-state index contributed by atoms with van der Waals surface area (Å²) in [5.74, 6) is 0.0979. The zero-order chi connectivity index (χ0) is 17.5. The second kappa shape index (κ2) is 8.82. The quantitative estimate of drug-likeness (QED) is 0.843. The predicted octanol–water partition coefficient (Wildman–Crippen LogP) is 3.17. The fourth-order valence-electron chi connectivity index (χ4n) is 3.57. The lowest BCUT2D eigenvalue weighted by atomic mass is 9.90. The lowest BCUT2D eigenvalue weighted by Gasteiger charge is -2.23. The van der Waals surface area contributed by atoms with Crippen LogP contribution in [0, 0.1) is 0 Å². The molecule has 1 aliphatic rings. The Morgan fingerprint density at radius 1 is 0.920 bits per heavy atom. The van der Waals surface area contributed by atoms with Crippen LogP contribution in [0.5, 0.6) is 0 Å². The van der Waals surface area contributed by atoms with Gasteiger partial charge in [0.05, 0.1) is 13.0 Å². The van der Waals surface area contributed by atoms with Crippen LogP contribution in [0.4, 0.5) is 0 Å². The first kappa shape index (κ1) is 17.7. The monoisotopic (exact) mass is 337 g/mol. The van der Waals surface area contributed by atoms with Crippen molar-refractivity contribution in [1.82, 2.24) is 4.90 Å². The highest BCUT2D eigenvalue weighted by atomic mass is 16.3. The summed E-state index contributed by atoms with van der Waals surface area (Å²) in [6, 6.07) is 16.7. The minimum atomic E-state index is 0.00468. The van der Waals surface area contributed by atoms with Crippen molar-refractivity contribution < 1.29 is 9.90 Å². The van der Waals surface area contributed by atoms with E-state index in [1.165, 1.54) is 29.5 Å². The number of aryl methyl sites for hydroxylation is 2. The SMILES string of the molecule is O=C(Cc1ccc2c(c1)CCCC2)N(CCO)CCc1ccccc1. The molecule has 0 heterocycles. The first-order valence-electron chi connectivity index (χ1n) is 9.29. The zero-order valence-electron chi connectivity index (χ0n) is 14.8. The molecule has 3 nitrogen and oxygen atoms in total. The molecule has 0 radical (unpaired) electrons. The maximum atomic E-state index is 12.7. The fraction of sp³-hybridized carbons (Fsp3) is 0.409. The number of hydrogen-bond donors (Lipinski definition) is 1. The standard InChI is InChI=1S/C22H27NO2/c24-15-14-23(13-12-18-6-2-1-3-7-18)22(25)17-19-10-11-20-8-4-5-9-21(20)16-19/h1-3,6-7,10-11,16,24H,4-5,8-9,12-15,17H2. The Bertz CT molecular complexity index is 696. The van der Waals surface area contributed by atoms with Crippen molar-refractivity contribution in [3.05, 3.63) is 70.8 Å². The lowest BCUT2D eigenvalue weighted by molar-refractivity contribution is -0.131. The lowest BCUT2D eigenvalue weighted by Crippen LogP contribution is -2.36. The smallest absolute Gasteiger partial charge is 0.227 e. The van der Waals surface area contributed by atoms with Crippen LogP contribution in [-0.4, -0.2) is 35.6 Å². The highest BCUT2D eigenvalue weighted by molar-refractivity contribution is 5.79. The summed E-state index contributed by atoms with van der Waals surface area (Å²) in [6.07, 6.45) is 6.05. The highest BCUT2D eigenvalue weighted by Crippen LogP contribution is 2.22. The molecule has 0 saturated carbocycles. The Balaban J connectivity index is 1.62. The predicted molar refractivity (Wildman–Crippen MR) is 101 cm³/mol. The summed E-state index contributed by atoms with van der Waals surface area (Å²) in [5, 5.41) is 9.31. The van der Waals surface area contributed by atoms with Crippen LogP contribution < -0.4 is 0 Å². The third-order valence-corrected chi connectivity index (χ3v) is 5.00. The molecule has 0 atom stereocenters. The molecule has 0 aliphatic heterocycles. The van der Waals surface area contributed by atoms with E-state index < -0.39 is 0 Å². The minimum Gasteiger partial charge on any atom is -0.395 e. The van der Waals surface area contributed by atoms with Gasteiger partial charge in [-0.25, -0.2) is 0 Å². The molecule has 0 fully saturated rings. The second-order valence-electron chi connectivity index (χ2n) is 6.83.